The molecule has 1 aromatic heterocycles. The van der Waals surface area contributed by atoms with Crippen molar-refractivity contribution in [3.8, 4) is 0 Å². The van der Waals surface area contributed by atoms with E-state index in [0.717, 1.165) is 6.54 Å². The van der Waals surface area contributed by atoms with Crippen LogP contribution in [0.1, 0.15) is 42.9 Å². The summed E-state index contributed by atoms with van der Waals surface area (Å²) >= 11 is 5.42. The van der Waals surface area contributed by atoms with E-state index in [1.165, 1.54) is 33.5 Å². The minimum absolute atomic E-state index is 0.631. The minimum Gasteiger partial charge on any atom is -0.309 e. The normalized spacial score (nSPS) is 13.1. The molecule has 1 N–H and O–H groups in total. The topological polar surface area (TPSA) is 12.0 Å². The number of rotatable bonds is 6. The summed E-state index contributed by atoms with van der Waals surface area (Å²) in [6.45, 7) is 7.67. The molecule has 86 valence electrons. The van der Waals surface area contributed by atoms with Gasteiger partial charge in [0.05, 0.1) is 0 Å². The Morgan fingerprint density at radius 2 is 2.27 bits per heavy atom. The number of hydrogen-bond donors (Lipinski definition) is 1. The number of unbranched alkanes of at least 4 members (excludes halogenated alkanes) is 1. The Labute approximate surface area is 105 Å². The maximum atomic E-state index is 3.56. The molecule has 1 unspecified atom stereocenters. The van der Waals surface area contributed by atoms with Crippen LogP contribution in [0.4, 0.5) is 0 Å². The van der Waals surface area contributed by atoms with E-state index < -0.39 is 0 Å². The van der Waals surface area contributed by atoms with E-state index in [0.29, 0.717) is 6.04 Å². The molecular weight excluding hydrogens is 270 g/mol. The van der Waals surface area contributed by atoms with Crippen LogP contribution < -0.4 is 5.32 Å². The third kappa shape index (κ3) is 4.66. The summed E-state index contributed by atoms with van der Waals surface area (Å²) in [6, 6.07) is 2.85. The van der Waals surface area contributed by atoms with Gasteiger partial charge in [0.2, 0.25) is 0 Å². The summed E-state index contributed by atoms with van der Waals surface area (Å²) in [5.74, 6) is 0. The van der Waals surface area contributed by atoms with Gasteiger partial charge in [0.15, 0.2) is 0 Å². The zero-order valence-corrected chi connectivity index (χ0v) is 12.2. The second-order valence-corrected chi connectivity index (χ2v) is 6.24. The molecule has 0 bridgehead atoms. The first kappa shape index (κ1) is 13.2. The molecule has 0 aliphatic heterocycles. The van der Waals surface area contributed by atoms with E-state index >= 15 is 0 Å². The second kappa shape index (κ2) is 6.66. The first-order valence-electron chi connectivity index (χ1n) is 5.61. The van der Waals surface area contributed by atoms with Gasteiger partial charge in [-0.15, -0.1) is 11.3 Å². The summed E-state index contributed by atoms with van der Waals surface area (Å²) in [7, 11) is 0. The van der Waals surface area contributed by atoms with Crippen molar-refractivity contribution in [1.82, 2.24) is 5.32 Å². The lowest BCUT2D eigenvalue weighted by Crippen LogP contribution is -2.24. The Kier molecular flexibility index (Phi) is 5.87. The SMILES string of the molecule is CCCCC(C)NCc1cc(Br)c(C)s1. The fourth-order valence-electron chi connectivity index (χ4n) is 1.49. The molecule has 0 aliphatic rings. The summed E-state index contributed by atoms with van der Waals surface area (Å²) in [6.07, 6.45) is 3.89. The summed E-state index contributed by atoms with van der Waals surface area (Å²) in [4.78, 5) is 2.79. The van der Waals surface area contributed by atoms with Crippen molar-refractivity contribution in [3.63, 3.8) is 0 Å². The summed E-state index contributed by atoms with van der Waals surface area (Å²) in [5.41, 5.74) is 0. The second-order valence-electron chi connectivity index (χ2n) is 4.04. The average Bonchev–Trinajstić information content (AvgIpc) is 2.52. The average molecular weight is 290 g/mol. The molecule has 3 heteroatoms. The third-order valence-corrected chi connectivity index (χ3v) is 4.66. The molecule has 0 saturated heterocycles. The van der Waals surface area contributed by atoms with Crippen LogP contribution in [0.2, 0.25) is 0 Å². The maximum absolute atomic E-state index is 3.56. The maximum Gasteiger partial charge on any atom is 0.0314 e. The fraction of sp³-hybridized carbons (Fsp3) is 0.667. The van der Waals surface area contributed by atoms with Gasteiger partial charge in [-0.3, -0.25) is 0 Å². The Hall–Kier alpha value is 0.140. The molecule has 0 saturated carbocycles. The quantitative estimate of drug-likeness (QED) is 0.814. The molecule has 1 aromatic rings. The van der Waals surface area contributed by atoms with E-state index in [2.05, 4.69) is 48.1 Å². The van der Waals surface area contributed by atoms with Gasteiger partial charge in [0, 0.05) is 26.8 Å². The van der Waals surface area contributed by atoms with Crippen molar-refractivity contribution in [1.29, 1.82) is 0 Å². The lowest BCUT2D eigenvalue weighted by molar-refractivity contribution is 0.497. The van der Waals surface area contributed by atoms with Crippen LogP contribution in [0.15, 0.2) is 10.5 Å². The van der Waals surface area contributed by atoms with Gasteiger partial charge in [-0.25, -0.2) is 0 Å². The van der Waals surface area contributed by atoms with Gasteiger partial charge in [-0.2, -0.15) is 0 Å². The van der Waals surface area contributed by atoms with Gasteiger partial charge in [0.25, 0.3) is 0 Å². The van der Waals surface area contributed by atoms with Crippen LogP contribution in [-0.4, -0.2) is 6.04 Å². The van der Waals surface area contributed by atoms with E-state index in [9.17, 15) is 0 Å². The summed E-state index contributed by atoms with van der Waals surface area (Å²) in [5, 5.41) is 3.56. The van der Waals surface area contributed by atoms with Crippen LogP contribution in [-0.2, 0) is 6.54 Å². The molecule has 0 radical (unpaired) electrons. The molecule has 1 rings (SSSR count). The highest BCUT2D eigenvalue weighted by atomic mass is 79.9. The lowest BCUT2D eigenvalue weighted by Gasteiger charge is -2.11. The van der Waals surface area contributed by atoms with Gasteiger partial charge in [-0.05, 0) is 42.3 Å². The number of nitrogens with one attached hydrogen (secondary N) is 1. The van der Waals surface area contributed by atoms with Crippen LogP contribution >= 0.6 is 27.3 Å². The highest BCUT2D eigenvalue weighted by Crippen LogP contribution is 2.26. The van der Waals surface area contributed by atoms with E-state index in [-0.39, 0.29) is 0 Å². The van der Waals surface area contributed by atoms with E-state index in [4.69, 9.17) is 0 Å². The number of halogens is 1. The fourth-order valence-corrected chi connectivity index (χ4v) is 3.04. The molecule has 1 atom stereocenters. The van der Waals surface area contributed by atoms with Crippen LogP contribution in [0.5, 0.6) is 0 Å². The largest absolute Gasteiger partial charge is 0.309 e. The molecular formula is C12H20BrNS. The molecule has 1 nitrogen and oxygen atoms in total. The Bertz CT molecular complexity index is 276. The Balaban J connectivity index is 2.30. The van der Waals surface area contributed by atoms with Crippen molar-refractivity contribution in [3.05, 3.63) is 20.3 Å². The molecule has 0 spiro atoms. The van der Waals surface area contributed by atoms with Crippen LogP contribution in [0, 0.1) is 6.92 Å². The van der Waals surface area contributed by atoms with Crippen molar-refractivity contribution in [2.45, 2.75) is 52.6 Å². The number of hydrogen-bond acceptors (Lipinski definition) is 2. The first-order valence-corrected chi connectivity index (χ1v) is 7.22. The summed E-state index contributed by atoms with van der Waals surface area (Å²) < 4.78 is 1.24. The lowest BCUT2D eigenvalue weighted by atomic mass is 10.1. The minimum atomic E-state index is 0.631. The molecule has 0 amide bonds. The molecule has 15 heavy (non-hydrogen) atoms. The predicted molar refractivity (Wildman–Crippen MR) is 72.6 cm³/mol. The van der Waals surface area contributed by atoms with E-state index in [1.807, 2.05) is 11.3 Å². The van der Waals surface area contributed by atoms with Crippen LogP contribution in [0.25, 0.3) is 0 Å². The molecule has 0 aromatic carbocycles. The van der Waals surface area contributed by atoms with Crippen molar-refractivity contribution in [2.24, 2.45) is 0 Å². The van der Waals surface area contributed by atoms with Crippen LogP contribution in [0.3, 0.4) is 0 Å². The van der Waals surface area contributed by atoms with Gasteiger partial charge in [0.1, 0.15) is 0 Å². The van der Waals surface area contributed by atoms with Crippen molar-refractivity contribution >= 4 is 27.3 Å². The van der Waals surface area contributed by atoms with Gasteiger partial charge in [-0.1, -0.05) is 19.8 Å². The Morgan fingerprint density at radius 3 is 2.80 bits per heavy atom. The highest BCUT2D eigenvalue weighted by Gasteiger charge is 2.04. The predicted octanol–water partition coefficient (Wildman–Crippen LogP) is 4.49. The molecule has 0 aliphatic carbocycles. The zero-order valence-electron chi connectivity index (χ0n) is 9.77. The standard InChI is InChI=1S/C12H20BrNS/c1-4-5-6-9(2)14-8-11-7-12(13)10(3)15-11/h7,9,14H,4-6,8H2,1-3H3. The van der Waals surface area contributed by atoms with Gasteiger partial charge < -0.3 is 5.32 Å². The smallest absolute Gasteiger partial charge is 0.0314 e. The Morgan fingerprint density at radius 1 is 1.53 bits per heavy atom. The monoisotopic (exact) mass is 289 g/mol. The first-order chi connectivity index (χ1) is 7.13. The zero-order chi connectivity index (χ0) is 11.3. The van der Waals surface area contributed by atoms with Crippen molar-refractivity contribution < 1.29 is 0 Å². The van der Waals surface area contributed by atoms with E-state index in [1.54, 1.807) is 0 Å². The van der Waals surface area contributed by atoms with Gasteiger partial charge >= 0.3 is 0 Å². The number of aryl methyl sites for hydroxylation is 1. The highest BCUT2D eigenvalue weighted by molar-refractivity contribution is 9.10. The third-order valence-electron chi connectivity index (χ3n) is 2.52. The molecule has 0 fully saturated rings. The van der Waals surface area contributed by atoms with Crippen molar-refractivity contribution in [2.75, 3.05) is 0 Å². The number of thiophene rings is 1. The molecule has 1 heterocycles.